The van der Waals surface area contributed by atoms with Crippen LogP contribution in [0.15, 0.2) is 12.4 Å². The van der Waals surface area contributed by atoms with Crippen molar-refractivity contribution < 1.29 is 4.74 Å². The number of nitrogens with one attached hydrogen (secondary N) is 2. The quantitative estimate of drug-likeness (QED) is 0.691. The molecule has 1 fully saturated rings. The Bertz CT molecular complexity index is 216. The zero-order valence-corrected chi connectivity index (χ0v) is 6.92. The summed E-state index contributed by atoms with van der Waals surface area (Å²) in [5, 5.41) is 3.27. The molecule has 1 aliphatic heterocycles. The van der Waals surface area contributed by atoms with E-state index in [-0.39, 0.29) is 0 Å². The van der Waals surface area contributed by atoms with Gasteiger partial charge in [0.2, 0.25) is 0 Å². The first-order chi connectivity index (χ1) is 5.95. The van der Waals surface area contributed by atoms with E-state index in [0.717, 1.165) is 25.6 Å². The van der Waals surface area contributed by atoms with Gasteiger partial charge in [0, 0.05) is 19.0 Å². The molecule has 0 radical (unpaired) electrons. The van der Waals surface area contributed by atoms with Crippen molar-refractivity contribution in [3.63, 3.8) is 0 Å². The average Bonchev–Trinajstić information content (AvgIpc) is 2.59. The summed E-state index contributed by atoms with van der Waals surface area (Å²) in [6.45, 7) is 1.69. The second-order valence-electron chi connectivity index (χ2n) is 3.00. The Morgan fingerprint density at radius 1 is 1.67 bits per heavy atom. The summed E-state index contributed by atoms with van der Waals surface area (Å²) < 4.78 is 5.33. The van der Waals surface area contributed by atoms with Gasteiger partial charge in [-0.2, -0.15) is 0 Å². The third kappa shape index (κ3) is 1.76. The Balaban J connectivity index is 1.86. The molecule has 0 aromatic carbocycles. The van der Waals surface area contributed by atoms with Gasteiger partial charge in [0.25, 0.3) is 0 Å². The Morgan fingerprint density at radius 2 is 2.67 bits per heavy atom. The maximum Gasteiger partial charge on any atom is 0.200 e. The maximum atomic E-state index is 5.33. The van der Waals surface area contributed by atoms with Gasteiger partial charge in [-0.15, -0.1) is 0 Å². The van der Waals surface area contributed by atoms with Gasteiger partial charge in [-0.25, -0.2) is 4.98 Å². The van der Waals surface area contributed by atoms with E-state index in [1.807, 2.05) is 6.20 Å². The number of nitrogens with zero attached hydrogens (tertiary/aromatic N) is 1. The fraction of sp³-hybridized carbons (Fsp3) is 0.625. The lowest BCUT2D eigenvalue weighted by atomic mass is 10.1. The number of rotatable bonds is 2. The minimum atomic E-state index is 0.421. The molecule has 1 unspecified atom stereocenters. The summed E-state index contributed by atoms with van der Waals surface area (Å²) in [4.78, 5) is 7.09. The number of aromatic nitrogens is 2. The molecule has 0 spiro atoms. The van der Waals surface area contributed by atoms with Crippen LogP contribution in [0.1, 0.15) is 12.8 Å². The van der Waals surface area contributed by atoms with Crippen LogP contribution in [0.2, 0.25) is 0 Å². The van der Waals surface area contributed by atoms with Gasteiger partial charge >= 0.3 is 0 Å². The molecule has 1 saturated heterocycles. The Kier molecular flexibility index (Phi) is 2.27. The maximum absolute atomic E-state index is 5.33. The van der Waals surface area contributed by atoms with Crippen LogP contribution in [0.4, 0.5) is 5.95 Å². The second kappa shape index (κ2) is 3.58. The number of H-pyrrole nitrogens is 1. The lowest BCUT2D eigenvalue weighted by Gasteiger charge is -2.22. The molecule has 12 heavy (non-hydrogen) atoms. The van der Waals surface area contributed by atoms with E-state index >= 15 is 0 Å². The molecule has 0 saturated carbocycles. The summed E-state index contributed by atoms with van der Waals surface area (Å²) in [7, 11) is 0. The molecule has 0 aliphatic carbocycles. The summed E-state index contributed by atoms with van der Waals surface area (Å²) in [5.74, 6) is 0.838. The van der Waals surface area contributed by atoms with Gasteiger partial charge in [-0.05, 0) is 12.8 Å². The first-order valence-electron chi connectivity index (χ1n) is 4.29. The van der Waals surface area contributed by atoms with E-state index in [4.69, 9.17) is 4.74 Å². The lowest BCUT2D eigenvalue weighted by molar-refractivity contribution is 0.0874. The molecule has 4 heteroatoms. The number of anilines is 1. The molecule has 0 amide bonds. The van der Waals surface area contributed by atoms with Crippen molar-refractivity contribution in [3.05, 3.63) is 12.4 Å². The van der Waals surface area contributed by atoms with Crippen LogP contribution in [-0.2, 0) is 4.74 Å². The van der Waals surface area contributed by atoms with E-state index < -0.39 is 0 Å². The summed E-state index contributed by atoms with van der Waals surface area (Å²) in [6.07, 6.45) is 5.86. The van der Waals surface area contributed by atoms with Crippen molar-refractivity contribution in [2.45, 2.75) is 18.9 Å². The summed E-state index contributed by atoms with van der Waals surface area (Å²) >= 11 is 0. The highest BCUT2D eigenvalue weighted by Gasteiger charge is 2.13. The Hall–Kier alpha value is -1.03. The van der Waals surface area contributed by atoms with Gasteiger partial charge in [-0.1, -0.05) is 0 Å². The van der Waals surface area contributed by atoms with Gasteiger partial charge in [0.1, 0.15) is 0 Å². The largest absolute Gasteiger partial charge is 0.379 e. The van der Waals surface area contributed by atoms with Crippen LogP contribution in [0.25, 0.3) is 0 Å². The minimum absolute atomic E-state index is 0.421. The van der Waals surface area contributed by atoms with Crippen molar-refractivity contribution in [3.8, 4) is 0 Å². The molecule has 4 nitrogen and oxygen atoms in total. The standard InChI is InChI=1S/C8H13N3O/c1-2-7(6-12-5-1)11-8-9-3-4-10-8/h3-4,7H,1-2,5-6H2,(H2,9,10,11). The van der Waals surface area contributed by atoms with E-state index in [2.05, 4.69) is 15.3 Å². The highest BCUT2D eigenvalue weighted by Crippen LogP contribution is 2.10. The third-order valence-electron chi connectivity index (χ3n) is 2.00. The van der Waals surface area contributed by atoms with Gasteiger partial charge in [0.15, 0.2) is 5.95 Å². The monoisotopic (exact) mass is 167 g/mol. The fourth-order valence-electron chi connectivity index (χ4n) is 1.39. The van der Waals surface area contributed by atoms with Gasteiger partial charge in [0.05, 0.1) is 12.6 Å². The number of aromatic amines is 1. The SMILES string of the molecule is c1c[nH]c(NC2CCCOC2)n1. The van der Waals surface area contributed by atoms with Crippen molar-refractivity contribution in [1.29, 1.82) is 0 Å². The number of imidazole rings is 1. The highest BCUT2D eigenvalue weighted by molar-refractivity contribution is 5.24. The Morgan fingerprint density at radius 3 is 3.33 bits per heavy atom. The molecule has 1 atom stereocenters. The minimum Gasteiger partial charge on any atom is -0.379 e. The third-order valence-corrected chi connectivity index (χ3v) is 2.00. The van der Waals surface area contributed by atoms with Crippen LogP contribution in [0, 0.1) is 0 Å². The highest BCUT2D eigenvalue weighted by atomic mass is 16.5. The molecule has 2 rings (SSSR count). The van der Waals surface area contributed by atoms with Gasteiger partial charge in [-0.3, -0.25) is 0 Å². The van der Waals surface area contributed by atoms with Crippen LogP contribution in [0.3, 0.4) is 0 Å². The molecule has 1 aromatic rings. The molecule has 2 N–H and O–H groups in total. The molecule has 66 valence electrons. The summed E-state index contributed by atoms with van der Waals surface area (Å²) in [6, 6.07) is 0.421. The normalized spacial score (nSPS) is 23.8. The van der Waals surface area contributed by atoms with Crippen LogP contribution in [-0.4, -0.2) is 29.2 Å². The number of hydrogen-bond acceptors (Lipinski definition) is 3. The van der Waals surface area contributed by atoms with E-state index in [1.54, 1.807) is 6.20 Å². The predicted octanol–water partition coefficient (Wildman–Crippen LogP) is 1.00. The van der Waals surface area contributed by atoms with Crippen molar-refractivity contribution in [2.24, 2.45) is 0 Å². The molecular formula is C8H13N3O. The number of ether oxygens (including phenoxy) is 1. The zero-order valence-electron chi connectivity index (χ0n) is 6.92. The van der Waals surface area contributed by atoms with Crippen molar-refractivity contribution in [2.75, 3.05) is 18.5 Å². The molecule has 2 heterocycles. The van der Waals surface area contributed by atoms with E-state index in [9.17, 15) is 0 Å². The molecular weight excluding hydrogens is 154 g/mol. The second-order valence-corrected chi connectivity index (χ2v) is 3.00. The molecule has 1 aromatic heterocycles. The zero-order chi connectivity index (χ0) is 8.23. The summed E-state index contributed by atoms with van der Waals surface area (Å²) in [5.41, 5.74) is 0. The van der Waals surface area contributed by atoms with Crippen molar-refractivity contribution in [1.82, 2.24) is 9.97 Å². The predicted molar refractivity (Wildman–Crippen MR) is 46.1 cm³/mol. The smallest absolute Gasteiger partial charge is 0.200 e. The van der Waals surface area contributed by atoms with Gasteiger partial charge < -0.3 is 15.0 Å². The van der Waals surface area contributed by atoms with E-state index in [0.29, 0.717) is 6.04 Å². The van der Waals surface area contributed by atoms with Crippen LogP contribution < -0.4 is 5.32 Å². The first kappa shape index (κ1) is 7.61. The topological polar surface area (TPSA) is 49.9 Å². The fourth-order valence-corrected chi connectivity index (χ4v) is 1.39. The van der Waals surface area contributed by atoms with E-state index in [1.165, 1.54) is 6.42 Å². The molecule has 0 bridgehead atoms. The number of hydrogen-bond donors (Lipinski definition) is 2. The Labute approximate surface area is 71.3 Å². The average molecular weight is 167 g/mol. The lowest BCUT2D eigenvalue weighted by Crippen LogP contribution is -2.30. The molecule has 1 aliphatic rings. The van der Waals surface area contributed by atoms with Crippen molar-refractivity contribution >= 4 is 5.95 Å². The van der Waals surface area contributed by atoms with Crippen LogP contribution in [0.5, 0.6) is 0 Å². The first-order valence-corrected chi connectivity index (χ1v) is 4.29. The van der Waals surface area contributed by atoms with Crippen LogP contribution >= 0.6 is 0 Å².